The fourth-order valence-electron chi connectivity index (χ4n) is 1.61. The molecule has 2 aromatic rings. The van der Waals surface area contributed by atoms with Crippen LogP contribution in [0.3, 0.4) is 0 Å². The summed E-state index contributed by atoms with van der Waals surface area (Å²) in [6.45, 7) is 0. The SMILES string of the molecule is FC(c1ccccc1)C(F)c1ccccc1. The maximum Gasteiger partial charge on any atom is 0.160 e. The summed E-state index contributed by atoms with van der Waals surface area (Å²) in [4.78, 5) is 0. The first-order valence-corrected chi connectivity index (χ1v) is 5.17. The Balaban J connectivity index is 2.20. The van der Waals surface area contributed by atoms with Gasteiger partial charge in [-0.3, -0.25) is 0 Å². The molecule has 82 valence electrons. The fraction of sp³-hybridized carbons (Fsp3) is 0.143. The normalized spacial score (nSPS) is 14.4. The summed E-state index contributed by atoms with van der Waals surface area (Å²) in [6, 6.07) is 16.8. The van der Waals surface area contributed by atoms with Crippen molar-refractivity contribution >= 4 is 0 Å². The molecule has 0 bridgehead atoms. The van der Waals surface area contributed by atoms with Crippen LogP contribution in [0.5, 0.6) is 0 Å². The van der Waals surface area contributed by atoms with Crippen LogP contribution in [0.15, 0.2) is 60.7 Å². The lowest BCUT2D eigenvalue weighted by atomic mass is 10.0. The zero-order valence-corrected chi connectivity index (χ0v) is 8.68. The lowest BCUT2D eigenvalue weighted by molar-refractivity contribution is 0.170. The summed E-state index contributed by atoms with van der Waals surface area (Å²) in [6.07, 6.45) is -3.22. The van der Waals surface area contributed by atoms with E-state index in [0.29, 0.717) is 11.1 Å². The monoisotopic (exact) mass is 218 g/mol. The van der Waals surface area contributed by atoms with E-state index in [1.807, 2.05) is 0 Å². The van der Waals surface area contributed by atoms with Gasteiger partial charge in [0.2, 0.25) is 0 Å². The van der Waals surface area contributed by atoms with Crippen LogP contribution in [-0.4, -0.2) is 0 Å². The third-order valence-corrected chi connectivity index (χ3v) is 2.49. The van der Waals surface area contributed by atoms with Crippen LogP contribution >= 0.6 is 0 Å². The molecule has 0 aliphatic heterocycles. The summed E-state index contributed by atoms with van der Waals surface area (Å²) in [5.74, 6) is 0. The Morgan fingerprint density at radius 3 is 1.19 bits per heavy atom. The van der Waals surface area contributed by atoms with Crippen molar-refractivity contribution in [2.24, 2.45) is 0 Å². The molecule has 2 rings (SSSR count). The van der Waals surface area contributed by atoms with Crippen LogP contribution < -0.4 is 0 Å². The molecule has 0 nitrogen and oxygen atoms in total. The van der Waals surface area contributed by atoms with Gasteiger partial charge in [-0.25, -0.2) is 8.78 Å². The lowest BCUT2D eigenvalue weighted by Gasteiger charge is -2.13. The third kappa shape index (κ3) is 2.27. The summed E-state index contributed by atoms with van der Waals surface area (Å²) in [5, 5.41) is 0. The zero-order chi connectivity index (χ0) is 11.4. The second-order valence-corrected chi connectivity index (χ2v) is 3.62. The predicted molar refractivity (Wildman–Crippen MR) is 60.6 cm³/mol. The van der Waals surface area contributed by atoms with Crippen LogP contribution in [0.1, 0.15) is 23.5 Å². The number of hydrogen-bond acceptors (Lipinski definition) is 0. The molecule has 2 aromatic carbocycles. The smallest absolute Gasteiger partial charge is 0.160 e. The molecule has 0 spiro atoms. The number of halogens is 2. The highest BCUT2D eigenvalue weighted by Crippen LogP contribution is 2.34. The van der Waals surface area contributed by atoms with Crippen LogP contribution in [0.25, 0.3) is 0 Å². The van der Waals surface area contributed by atoms with Gasteiger partial charge in [0.25, 0.3) is 0 Å². The van der Waals surface area contributed by atoms with E-state index in [4.69, 9.17) is 0 Å². The van der Waals surface area contributed by atoms with Gasteiger partial charge < -0.3 is 0 Å². The van der Waals surface area contributed by atoms with Gasteiger partial charge in [-0.1, -0.05) is 60.7 Å². The van der Waals surface area contributed by atoms with Gasteiger partial charge in [-0.15, -0.1) is 0 Å². The first kappa shape index (κ1) is 10.8. The fourth-order valence-corrected chi connectivity index (χ4v) is 1.61. The molecule has 0 aromatic heterocycles. The number of benzene rings is 2. The van der Waals surface area contributed by atoms with Gasteiger partial charge in [0.1, 0.15) is 0 Å². The summed E-state index contributed by atoms with van der Waals surface area (Å²) < 4.78 is 27.7. The topological polar surface area (TPSA) is 0 Å². The molecular formula is C14H12F2. The first-order valence-electron chi connectivity index (χ1n) is 5.17. The van der Waals surface area contributed by atoms with Crippen LogP contribution in [-0.2, 0) is 0 Å². The number of alkyl halides is 2. The summed E-state index contributed by atoms with van der Waals surface area (Å²) in [5.41, 5.74) is 0.748. The van der Waals surface area contributed by atoms with Gasteiger partial charge >= 0.3 is 0 Å². The quantitative estimate of drug-likeness (QED) is 0.715. The predicted octanol–water partition coefficient (Wildman–Crippen LogP) is 4.41. The molecule has 2 atom stereocenters. The van der Waals surface area contributed by atoms with E-state index in [-0.39, 0.29) is 0 Å². The highest BCUT2D eigenvalue weighted by atomic mass is 19.2. The molecule has 0 radical (unpaired) electrons. The first-order chi connectivity index (χ1) is 7.79. The van der Waals surface area contributed by atoms with Crippen LogP contribution in [0.2, 0.25) is 0 Å². The van der Waals surface area contributed by atoms with Gasteiger partial charge in [-0.05, 0) is 11.1 Å². The zero-order valence-electron chi connectivity index (χ0n) is 8.68. The van der Waals surface area contributed by atoms with Crippen molar-refractivity contribution in [3.05, 3.63) is 71.8 Å². The molecular weight excluding hydrogens is 206 g/mol. The average molecular weight is 218 g/mol. The van der Waals surface area contributed by atoms with Crippen molar-refractivity contribution in [3.8, 4) is 0 Å². The van der Waals surface area contributed by atoms with Gasteiger partial charge in [-0.2, -0.15) is 0 Å². The van der Waals surface area contributed by atoms with Crippen molar-refractivity contribution in [1.82, 2.24) is 0 Å². The van der Waals surface area contributed by atoms with E-state index in [2.05, 4.69) is 0 Å². The molecule has 0 N–H and O–H groups in total. The van der Waals surface area contributed by atoms with E-state index >= 15 is 0 Å². The maximum absolute atomic E-state index is 13.8. The Labute approximate surface area is 93.5 Å². The molecule has 0 amide bonds. The molecule has 0 aliphatic carbocycles. The standard InChI is InChI=1S/C14H12F2/c15-13(11-7-3-1-4-8-11)14(16)12-9-5-2-6-10-12/h1-10,13-14H. The molecule has 0 saturated carbocycles. The number of hydrogen-bond donors (Lipinski definition) is 0. The van der Waals surface area contributed by atoms with Gasteiger partial charge in [0.15, 0.2) is 12.3 Å². The summed E-state index contributed by atoms with van der Waals surface area (Å²) in [7, 11) is 0. The Hall–Kier alpha value is -1.70. The molecule has 0 aliphatic rings. The second kappa shape index (κ2) is 4.88. The van der Waals surface area contributed by atoms with E-state index < -0.39 is 12.3 Å². The third-order valence-electron chi connectivity index (χ3n) is 2.49. The molecule has 2 heteroatoms. The van der Waals surface area contributed by atoms with Crippen molar-refractivity contribution in [2.75, 3.05) is 0 Å². The Bertz CT molecular complexity index is 382. The molecule has 0 heterocycles. The van der Waals surface area contributed by atoms with Crippen LogP contribution in [0.4, 0.5) is 8.78 Å². The van der Waals surface area contributed by atoms with Crippen molar-refractivity contribution in [2.45, 2.75) is 12.3 Å². The van der Waals surface area contributed by atoms with E-state index in [9.17, 15) is 8.78 Å². The van der Waals surface area contributed by atoms with Crippen molar-refractivity contribution in [3.63, 3.8) is 0 Å². The molecule has 2 unspecified atom stereocenters. The van der Waals surface area contributed by atoms with E-state index in [1.54, 1.807) is 60.7 Å². The Morgan fingerprint density at radius 1 is 0.562 bits per heavy atom. The van der Waals surface area contributed by atoms with E-state index in [1.165, 1.54) is 0 Å². The molecule has 0 fully saturated rings. The highest BCUT2D eigenvalue weighted by molar-refractivity contribution is 5.24. The molecule has 16 heavy (non-hydrogen) atoms. The Morgan fingerprint density at radius 2 is 0.875 bits per heavy atom. The second-order valence-electron chi connectivity index (χ2n) is 3.62. The average Bonchev–Trinajstić information content (AvgIpc) is 2.39. The number of rotatable bonds is 3. The van der Waals surface area contributed by atoms with Crippen LogP contribution in [0, 0.1) is 0 Å². The minimum absolute atomic E-state index is 0.374. The Kier molecular flexibility index (Phi) is 3.30. The lowest BCUT2D eigenvalue weighted by Crippen LogP contribution is -2.01. The van der Waals surface area contributed by atoms with Gasteiger partial charge in [0.05, 0.1) is 0 Å². The van der Waals surface area contributed by atoms with Gasteiger partial charge in [0, 0.05) is 0 Å². The van der Waals surface area contributed by atoms with Crippen molar-refractivity contribution < 1.29 is 8.78 Å². The van der Waals surface area contributed by atoms with Crippen molar-refractivity contribution in [1.29, 1.82) is 0 Å². The summed E-state index contributed by atoms with van der Waals surface area (Å²) >= 11 is 0. The maximum atomic E-state index is 13.8. The van der Waals surface area contributed by atoms with E-state index in [0.717, 1.165) is 0 Å². The molecule has 0 saturated heterocycles. The minimum atomic E-state index is -1.61. The largest absolute Gasteiger partial charge is 0.239 e. The minimum Gasteiger partial charge on any atom is -0.239 e. The highest BCUT2D eigenvalue weighted by Gasteiger charge is 2.23.